The Balaban J connectivity index is 1.65. The molecule has 2 aromatic carbocycles. The first-order valence-electron chi connectivity index (χ1n) is 8.67. The summed E-state index contributed by atoms with van der Waals surface area (Å²) in [5, 5.41) is 4.29. The van der Waals surface area contributed by atoms with Crippen LogP contribution in [0.2, 0.25) is 10.0 Å². The maximum absolute atomic E-state index is 12.7. The van der Waals surface area contributed by atoms with E-state index in [1.165, 1.54) is 0 Å². The standard InChI is InChI=1S/C20H22Cl2N2O2/c1-26-19-9-8-16(21)11-18(19)23-20(25)15-6-4-10-24(13-15)12-14-5-2-3-7-17(14)22/h2-3,5,7-9,11,15H,4,6,10,12-13H2,1H3,(H,23,25)/t15-/m1/s1. The Hall–Kier alpha value is -1.75. The number of nitrogens with one attached hydrogen (secondary N) is 1. The number of likely N-dealkylation sites (tertiary alicyclic amines) is 1. The van der Waals surface area contributed by atoms with E-state index in [0.717, 1.165) is 36.5 Å². The van der Waals surface area contributed by atoms with Gasteiger partial charge < -0.3 is 10.1 Å². The van der Waals surface area contributed by atoms with Crippen molar-refractivity contribution in [3.8, 4) is 5.75 Å². The highest BCUT2D eigenvalue weighted by atomic mass is 35.5. The molecule has 0 unspecified atom stereocenters. The molecule has 1 heterocycles. The molecule has 0 aliphatic carbocycles. The molecule has 1 fully saturated rings. The Kier molecular flexibility index (Phi) is 6.41. The highest BCUT2D eigenvalue weighted by Gasteiger charge is 2.26. The summed E-state index contributed by atoms with van der Waals surface area (Å²) >= 11 is 12.3. The molecule has 1 atom stereocenters. The SMILES string of the molecule is COc1ccc(Cl)cc1NC(=O)[C@@H]1CCCN(Cc2ccccc2Cl)C1. The maximum atomic E-state index is 12.7. The van der Waals surface area contributed by atoms with E-state index in [-0.39, 0.29) is 11.8 Å². The fourth-order valence-corrected chi connectivity index (χ4v) is 3.66. The second kappa shape index (κ2) is 8.76. The third-order valence-electron chi connectivity index (χ3n) is 4.65. The van der Waals surface area contributed by atoms with Crippen molar-refractivity contribution in [1.29, 1.82) is 0 Å². The molecule has 1 saturated heterocycles. The Morgan fingerprint density at radius 2 is 2.08 bits per heavy atom. The van der Waals surface area contributed by atoms with E-state index in [9.17, 15) is 4.79 Å². The number of benzene rings is 2. The van der Waals surface area contributed by atoms with Crippen LogP contribution in [-0.4, -0.2) is 31.0 Å². The van der Waals surface area contributed by atoms with E-state index in [1.807, 2.05) is 24.3 Å². The third-order valence-corrected chi connectivity index (χ3v) is 5.25. The molecule has 2 aromatic rings. The van der Waals surface area contributed by atoms with E-state index in [0.29, 0.717) is 23.0 Å². The van der Waals surface area contributed by atoms with Gasteiger partial charge in [0.1, 0.15) is 5.75 Å². The normalized spacial score (nSPS) is 17.7. The first kappa shape index (κ1) is 19.0. The second-order valence-electron chi connectivity index (χ2n) is 6.50. The van der Waals surface area contributed by atoms with Crippen molar-refractivity contribution in [1.82, 2.24) is 4.90 Å². The molecule has 0 aromatic heterocycles. The minimum absolute atomic E-state index is 0.00516. The number of anilines is 1. The summed E-state index contributed by atoms with van der Waals surface area (Å²) in [6.45, 7) is 2.43. The second-order valence-corrected chi connectivity index (χ2v) is 7.34. The van der Waals surface area contributed by atoms with Crippen LogP contribution in [0.25, 0.3) is 0 Å². The molecule has 1 aliphatic rings. The molecule has 0 spiro atoms. The number of amides is 1. The van der Waals surface area contributed by atoms with Gasteiger partial charge in [-0.25, -0.2) is 0 Å². The number of ether oxygens (including phenoxy) is 1. The quantitative estimate of drug-likeness (QED) is 0.790. The Bertz CT molecular complexity index is 782. The number of methoxy groups -OCH3 is 1. The van der Waals surface area contributed by atoms with Crippen molar-refractivity contribution in [2.45, 2.75) is 19.4 Å². The summed E-state index contributed by atoms with van der Waals surface area (Å²) in [6, 6.07) is 13.0. The van der Waals surface area contributed by atoms with Crippen LogP contribution in [0.5, 0.6) is 5.75 Å². The van der Waals surface area contributed by atoms with Crippen LogP contribution < -0.4 is 10.1 Å². The van der Waals surface area contributed by atoms with E-state index in [2.05, 4.69) is 10.2 Å². The minimum Gasteiger partial charge on any atom is -0.495 e. The van der Waals surface area contributed by atoms with Gasteiger partial charge in [-0.05, 0) is 49.2 Å². The topological polar surface area (TPSA) is 41.6 Å². The fraction of sp³-hybridized carbons (Fsp3) is 0.350. The average molecular weight is 393 g/mol. The zero-order chi connectivity index (χ0) is 18.5. The molecule has 3 rings (SSSR count). The largest absolute Gasteiger partial charge is 0.495 e. The number of rotatable bonds is 5. The fourth-order valence-electron chi connectivity index (χ4n) is 3.29. The lowest BCUT2D eigenvalue weighted by Gasteiger charge is -2.32. The summed E-state index contributed by atoms with van der Waals surface area (Å²) in [4.78, 5) is 15.0. The van der Waals surface area contributed by atoms with Crippen LogP contribution in [0, 0.1) is 5.92 Å². The van der Waals surface area contributed by atoms with Crippen LogP contribution in [0.15, 0.2) is 42.5 Å². The van der Waals surface area contributed by atoms with Crippen molar-refractivity contribution in [2.75, 3.05) is 25.5 Å². The Labute approximate surface area is 164 Å². The molecule has 4 nitrogen and oxygen atoms in total. The molecule has 0 saturated carbocycles. The molecular weight excluding hydrogens is 371 g/mol. The first-order valence-corrected chi connectivity index (χ1v) is 9.42. The van der Waals surface area contributed by atoms with E-state index in [1.54, 1.807) is 25.3 Å². The minimum atomic E-state index is -0.0741. The van der Waals surface area contributed by atoms with Crippen molar-refractivity contribution in [2.24, 2.45) is 5.92 Å². The van der Waals surface area contributed by atoms with E-state index in [4.69, 9.17) is 27.9 Å². The molecule has 0 bridgehead atoms. The predicted molar refractivity (Wildman–Crippen MR) is 106 cm³/mol. The lowest BCUT2D eigenvalue weighted by atomic mass is 9.96. The Morgan fingerprint density at radius 1 is 1.27 bits per heavy atom. The summed E-state index contributed by atoms with van der Waals surface area (Å²) in [5.41, 5.74) is 1.69. The van der Waals surface area contributed by atoms with Gasteiger partial charge in [0.15, 0.2) is 0 Å². The maximum Gasteiger partial charge on any atom is 0.228 e. The van der Waals surface area contributed by atoms with Crippen molar-refractivity contribution in [3.63, 3.8) is 0 Å². The van der Waals surface area contributed by atoms with Crippen molar-refractivity contribution >= 4 is 34.8 Å². The van der Waals surface area contributed by atoms with Crippen LogP contribution in [0.1, 0.15) is 18.4 Å². The van der Waals surface area contributed by atoms with Gasteiger partial charge in [-0.1, -0.05) is 41.4 Å². The molecule has 6 heteroatoms. The summed E-state index contributed by atoms with van der Waals surface area (Å²) in [7, 11) is 1.57. The molecule has 1 amide bonds. The lowest BCUT2D eigenvalue weighted by Crippen LogP contribution is -2.40. The van der Waals surface area contributed by atoms with Crippen molar-refractivity contribution in [3.05, 3.63) is 58.1 Å². The van der Waals surface area contributed by atoms with E-state index >= 15 is 0 Å². The average Bonchev–Trinajstić information content (AvgIpc) is 2.64. The van der Waals surface area contributed by atoms with Gasteiger partial charge in [-0.2, -0.15) is 0 Å². The monoisotopic (exact) mass is 392 g/mol. The highest BCUT2D eigenvalue weighted by molar-refractivity contribution is 6.31. The third kappa shape index (κ3) is 4.70. The molecule has 1 aliphatic heterocycles. The van der Waals surface area contributed by atoms with Crippen LogP contribution in [-0.2, 0) is 11.3 Å². The zero-order valence-corrected chi connectivity index (χ0v) is 16.2. The van der Waals surface area contributed by atoms with Gasteiger partial charge in [0, 0.05) is 23.1 Å². The number of piperidine rings is 1. The van der Waals surface area contributed by atoms with Gasteiger partial charge >= 0.3 is 0 Å². The first-order chi connectivity index (χ1) is 12.6. The summed E-state index contributed by atoms with van der Waals surface area (Å²) in [5.74, 6) is 0.524. The number of nitrogens with zero attached hydrogens (tertiary/aromatic N) is 1. The Morgan fingerprint density at radius 3 is 2.85 bits per heavy atom. The van der Waals surface area contributed by atoms with Crippen LogP contribution in [0.3, 0.4) is 0 Å². The lowest BCUT2D eigenvalue weighted by molar-refractivity contribution is -0.121. The van der Waals surface area contributed by atoms with E-state index < -0.39 is 0 Å². The number of hydrogen-bond donors (Lipinski definition) is 1. The summed E-state index contributed by atoms with van der Waals surface area (Å²) < 4.78 is 5.30. The predicted octanol–water partition coefficient (Wildman–Crippen LogP) is 4.85. The smallest absolute Gasteiger partial charge is 0.228 e. The van der Waals surface area contributed by atoms with Gasteiger partial charge in [-0.15, -0.1) is 0 Å². The van der Waals surface area contributed by atoms with Gasteiger partial charge in [0.25, 0.3) is 0 Å². The zero-order valence-electron chi connectivity index (χ0n) is 14.7. The molecule has 138 valence electrons. The summed E-state index contributed by atoms with van der Waals surface area (Å²) in [6.07, 6.45) is 1.85. The molecular formula is C20H22Cl2N2O2. The molecule has 1 N–H and O–H groups in total. The molecule has 26 heavy (non-hydrogen) atoms. The van der Waals surface area contributed by atoms with Crippen LogP contribution in [0.4, 0.5) is 5.69 Å². The highest BCUT2D eigenvalue weighted by Crippen LogP contribution is 2.29. The van der Waals surface area contributed by atoms with Gasteiger partial charge in [-0.3, -0.25) is 9.69 Å². The number of halogens is 2. The van der Waals surface area contributed by atoms with Crippen LogP contribution >= 0.6 is 23.2 Å². The van der Waals surface area contributed by atoms with Crippen molar-refractivity contribution < 1.29 is 9.53 Å². The van der Waals surface area contributed by atoms with Gasteiger partial charge in [0.05, 0.1) is 18.7 Å². The molecule has 0 radical (unpaired) electrons. The number of carbonyl (C=O) groups excluding carboxylic acids is 1. The number of hydrogen-bond acceptors (Lipinski definition) is 3. The van der Waals surface area contributed by atoms with Gasteiger partial charge in [0.2, 0.25) is 5.91 Å². The number of carbonyl (C=O) groups is 1.